The smallest absolute Gasteiger partial charge is 0.0886 e. The standard InChI is InChI=1S/C16H23NO2/c1-10-3-4-11(2)13(7-10)15(18)16(9-17)8-12-5-6-14(16)19-12/h3-4,7,12,14-15,18H,5-6,8-9,17H2,1-2H3. The number of hydrogen-bond acceptors (Lipinski definition) is 3. The molecular weight excluding hydrogens is 238 g/mol. The van der Waals surface area contributed by atoms with E-state index in [1.165, 1.54) is 5.56 Å². The summed E-state index contributed by atoms with van der Waals surface area (Å²) in [6.45, 7) is 4.60. The van der Waals surface area contributed by atoms with Crippen LogP contribution in [0.1, 0.15) is 42.1 Å². The second-order valence-corrected chi connectivity index (χ2v) is 6.23. The number of rotatable bonds is 3. The van der Waals surface area contributed by atoms with Crippen molar-refractivity contribution in [2.75, 3.05) is 6.54 Å². The van der Waals surface area contributed by atoms with Crippen LogP contribution in [0, 0.1) is 19.3 Å². The van der Waals surface area contributed by atoms with Gasteiger partial charge in [-0.3, -0.25) is 0 Å². The number of hydrogen-bond donors (Lipinski definition) is 2. The van der Waals surface area contributed by atoms with Crippen molar-refractivity contribution in [3.63, 3.8) is 0 Å². The first-order chi connectivity index (χ1) is 9.06. The van der Waals surface area contributed by atoms with Gasteiger partial charge in [-0.15, -0.1) is 0 Å². The van der Waals surface area contributed by atoms with E-state index in [-0.39, 0.29) is 11.5 Å². The molecule has 4 unspecified atom stereocenters. The number of ether oxygens (including phenoxy) is 1. The third-order valence-electron chi connectivity index (χ3n) is 5.01. The predicted octanol–water partition coefficient (Wildman–Crippen LogP) is 2.23. The van der Waals surface area contributed by atoms with Crippen molar-refractivity contribution in [2.45, 2.75) is 51.4 Å². The van der Waals surface area contributed by atoms with E-state index in [1.54, 1.807) is 0 Å². The minimum atomic E-state index is -0.521. The Kier molecular flexibility index (Phi) is 3.16. The highest BCUT2D eigenvalue weighted by molar-refractivity contribution is 5.34. The van der Waals surface area contributed by atoms with Crippen molar-refractivity contribution < 1.29 is 9.84 Å². The highest BCUT2D eigenvalue weighted by atomic mass is 16.5. The molecule has 0 aliphatic carbocycles. The van der Waals surface area contributed by atoms with Gasteiger partial charge in [0.05, 0.1) is 18.3 Å². The molecule has 2 heterocycles. The van der Waals surface area contributed by atoms with Crippen molar-refractivity contribution in [1.29, 1.82) is 0 Å². The summed E-state index contributed by atoms with van der Waals surface area (Å²) in [5.74, 6) is 0. The fourth-order valence-electron chi connectivity index (χ4n) is 3.81. The summed E-state index contributed by atoms with van der Waals surface area (Å²) in [7, 11) is 0. The van der Waals surface area contributed by atoms with E-state index in [0.717, 1.165) is 30.4 Å². The van der Waals surface area contributed by atoms with Crippen LogP contribution in [0.25, 0.3) is 0 Å². The first-order valence-corrected chi connectivity index (χ1v) is 7.17. The zero-order valence-electron chi connectivity index (χ0n) is 11.7. The Morgan fingerprint density at radius 2 is 2.21 bits per heavy atom. The van der Waals surface area contributed by atoms with Gasteiger partial charge in [-0.2, -0.15) is 0 Å². The molecule has 2 saturated heterocycles. The molecule has 19 heavy (non-hydrogen) atoms. The van der Waals surface area contributed by atoms with E-state index in [9.17, 15) is 5.11 Å². The molecule has 2 aliphatic rings. The maximum absolute atomic E-state index is 10.9. The Hall–Kier alpha value is -0.900. The quantitative estimate of drug-likeness (QED) is 0.877. The SMILES string of the molecule is Cc1ccc(C)c(C(O)C2(CN)CC3CCC2O3)c1. The number of aliphatic hydroxyl groups excluding tert-OH is 1. The van der Waals surface area contributed by atoms with Crippen molar-refractivity contribution in [3.8, 4) is 0 Å². The molecule has 1 aromatic carbocycles. The number of aryl methyl sites for hydroxylation is 2. The van der Waals surface area contributed by atoms with Gasteiger partial charge < -0.3 is 15.6 Å². The summed E-state index contributed by atoms with van der Waals surface area (Å²) in [6, 6.07) is 6.24. The molecule has 0 amide bonds. The molecule has 3 rings (SSSR count). The lowest BCUT2D eigenvalue weighted by atomic mass is 9.67. The van der Waals surface area contributed by atoms with Crippen LogP contribution in [0.3, 0.4) is 0 Å². The van der Waals surface area contributed by atoms with Crippen LogP contribution < -0.4 is 5.73 Å². The first kappa shape index (κ1) is 13.1. The zero-order valence-corrected chi connectivity index (χ0v) is 11.7. The minimum Gasteiger partial charge on any atom is -0.388 e. The number of aliphatic hydroxyl groups is 1. The molecule has 2 aliphatic heterocycles. The molecule has 3 heteroatoms. The van der Waals surface area contributed by atoms with E-state index in [2.05, 4.69) is 32.0 Å². The Bertz CT molecular complexity index is 488. The molecule has 3 N–H and O–H groups in total. The lowest BCUT2D eigenvalue weighted by molar-refractivity contribution is -0.0267. The van der Waals surface area contributed by atoms with E-state index in [1.807, 2.05) is 0 Å². The van der Waals surface area contributed by atoms with Gasteiger partial charge in [0.15, 0.2) is 0 Å². The molecule has 2 bridgehead atoms. The van der Waals surface area contributed by atoms with Crippen LogP contribution >= 0.6 is 0 Å². The normalized spacial score (nSPS) is 34.7. The Balaban J connectivity index is 1.98. The van der Waals surface area contributed by atoms with Gasteiger partial charge in [-0.05, 0) is 44.2 Å². The van der Waals surface area contributed by atoms with E-state index >= 15 is 0 Å². The van der Waals surface area contributed by atoms with Crippen LogP contribution in [-0.2, 0) is 4.74 Å². The van der Waals surface area contributed by atoms with Gasteiger partial charge >= 0.3 is 0 Å². The van der Waals surface area contributed by atoms with Crippen LogP contribution in [-0.4, -0.2) is 23.9 Å². The third kappa shape index (κ3) is 1.92. The molecule has 0 spiro atoms. The van der Waals surface area contributed by atoms with Gasteiger partial charge in [-0.1, -0.05) is 23.8 Å². The van der Waals surface area contributed by atoms with Crippen molar-refractivity contribution in [3.05, 3.63) is 34.9 Å². The molecule has 0 saturated carbocycles. The largest absolute Gasteiger partial charge is 0.388 e. The van der Waals surface area contributed by atoms with Gasteiger partial charge in [0.2, 0.25) is 0 Å². The van der Waals surface area contributed by atoms with Crippen LogP contribution in [0.2, 0.25) is 0 Å². The van der Waals surface area contributed by atoms with E-state index < -0.39 is 6.10 Å². The molecular formula is C16H23NO2. The molecule has 0 aromatic heterocycles. The summed E-state index contributed by atoms with van der Waals surface area (Å²) in [6.07, 6.45) is 2.94. The molecule has 2 fully saturated rings. The van der Waals surface area contributed by atoms with E-state index in [0.29, 0.717) is 12.6 Å². The van der Waals surface area contributed by atoms with Crippen molar-refractivity contribution in [1.82, 2.24) is 0 Å². The Morgan fingerprint density at radius 3 is 2.79 bits per heavy atom. The maximum atomic E-state index is 10.9. The van der Waals surface area contributed by atoms with Gasteiger partial charge in [0.25, 0.3) is 0 Å². The lowest BCUT2D eigenvalue weighted by Crippen LogP contribution is -2.44. The molecule has 0 radical (unpaired) electrons. The summed E-state index contributed by atoms with van der Waals surface area (Å²) in [4.78, 5) is 0. The van der Waals surface area contributed by atoms with Gasteiger partial charge in [0.1, 0.15) is 0 Å². The highest BCUT2D eigenvalue weighted by Crippen LogP contribution is 2.54. The van der Waals surface area contributed by atoms with Crippen LogP contribution in [0.4, 0.5) is 0 Å². The Labute approximate surface area is 114 Å². The van der Waals surface area contributed by atoms with Gasteiger partial charge in [0, 0.05) is 12.0 Å². The average Bonchev–Trinajstić information content (AvgIpc) is 3.01. The summed E-state index contributed by atoms with van der Waals surface area (Å²) < 4.78 is 5.95. The topological polar surface area (TPSA) is 55.5 Å². The first-order valence-electron chi connectivity index (χ1n) is 7.17. The second-order valence-electron chi connectivity index (χ2n) is 6.23. The second kappa shape index (κ2) is 4.58. The maximum Gasteiger partial charge on any atom is 0.0886 e. The zero-order chi connectivity index (χ0) is 13.6. The number of fused-ring (bicyclic) bond motifs is 2. The predicted molar refractivity (Wildman–Crippen MR) is 74.9 cm³/mol. The summed E-state index contributed by atoms with van der Waals surface area (Å²) in [5, 5.41) is 10.9. The lowest BCUT2D eigenvalue weighted by Gasteiger charge is -2.39. The molecule has 104 valence electrons. The molecule has 3 nitrogen and oxygen atoms in total. The summed E-state index contributed by atoms with van der Waals surface area (Å²) >= 11 is 0. The molecule has 4 atom stereocenters. The van der Waals surface area contributed by atoms with Crippen molar-refractivity contribution >= 4 is 0 Å². The summed E-state index contributed by atoms with van der Waals surface area (Å²) in [5.41, 5.74) is 9.08. The fourth-order valence-corrected chi connectivity index (χ4v) is 3.81. The average molecular weight is 261 g/mol. The number of nitrogens with two attached hydrogens (primary N) is 1. The monoisotopic (exact) mass is 261 g/mol. The highest BCUT2D eigenvalue weighted by Gasteiger charge is 2.55. The van der Waals surface area contributed by atoms with Crippen molar-refractivity contribution in [2.24, 2.45) is 11.1 Å². The van der Waals surface area contributed by atoms with Crippen LogP contribution in [0.5, 0.6) is 0 Å². The Morgan fingerprint density at radius 1 is 1.42 bits per heavy atom. The fraction of sp³-hybridized carbons (Fsp3) is 0.625. The number of benzene rings is 1. The third-order valence-corrected chi connectivity index (χ3v) is 5.01. The molecule has 1 aromatic rings. The van der Waals surface area contributed by atoms with Gasteiger partial charge in [-0.25, -0.2) is 0 Å². The minimum absolute atomic E-state index is 0.123. The van der Waals surface area contributed by atoms with E-state index in [4.69, 9.17) is 10.5 Å². The van der Waals surface area contributed by atoms with Crippen LogP contribution in [0.15, 0.2) is 18.2 Å².